The van der Waals surface area contributed by atoms with Crippen molar-refractivity contribution in [3.8, 4) is 0 Å². The molecule has 0 aliphatic carbocycles. The number of aryl methyl sites for hydroxylation is 2. The van der Waals surface area contributed by atoms with Crippen LogP contribution in [0.1, 0.15) is 28.2 Å². The number of thioether (sulfide) groups is 2. The summed E-state index contributed by atoms with van der Waals surface area (Å²) in [7, 11) is 2.18. The number of rotatable bonds is 9. The number of benzene rings is 1. The van der Waals surface area contributed by atoms with E-state index in [1.165, 1.54) is 16.0 Å². The Kier molecular flexibility index (Phi) is 7.59. The third-order valence-corrected chi connectivity index (χ3v) is 6.76. The van der Waals surface area contributed by atoms with E-state index >= 15 is 0 Å². The number of aromatic amines is 1. The van der Waals surface area contributed by atoms with Gasteiger partial charge in [0.25, 0.3) is 0 Å². The van der Waals surface area contributed by atoms with Crippen molar-refractivity contribution in [3.05, 3.63) is 70.8 Å². The molecule has 28 heavy (non-hydrogen) atoms. The molecule has 0 saturated heterocycles. The highest BCUT2D eigenvalue weighted by Crippen LogP contribution is 2.27. The lowest BCUT2D eigenvalue weighted by Crippen LogP contribution is -2.20. The van der Waals surface area contributed by atoms with Gasteiger partial charge in [-0.15, -0.1) is 11.8 Å². The highest BCUT2D eigenvalue weighted by atomic mass is 32.2. The average Bonchev–Trinajstić information content (AvgIpc) is 3.00. The minimum Gasteiger partial charge on any atom is -0.337 e. The maximum absolute atomic E-state index is 4.60. The van der Waals surface area contributed by atoms with Gasteiger partial charge in [0.1, 0.15) is 0 Å². The molecule has 1 aromatic carbocycles. The normalized spacial score (nSPS) is 11.3. The minimum atomic E-state index is 0.834. The van der Waals surface area contributed by atoms with E-state index in [1.807, 2.05) is 24.9 Å². The maximum atomic E-state index is 4.60. The molecule has 0 aliphatic heterocycles. The first-order valence-corrected chi connectivity index (χ1v) is 11.5. The molecule has 3 rings (SSSR count). The SMILES string of the molecule is Cc1nc(SCc2nccc(SCCN(C)Cc3ccccc3)c2C)[nH]c1C. The Bertz CT molecular complexity index is 873. The minimum absolute atomic E-state index is 0.834. The largest absolute Gasteiger partial charge is 0.337 e. The number of hydrogen-bond donors (Lipinski definition) is 1. The summed E-state index contributed by atoms with van der Waals surface area (Å²) in [4.78, 5) is 16.2. The van der Waals surface area contributed by atoms with E-state index in [9.17, 15) is 0 Å². The Balaban J connectivity index is 1.51. The van der Waals surface area contributed by atoms with E-state index in [4.69, 9.17) is 0 Å². The van der Waals surface area contributed by atoms with Gasteiger partial charge in [-0.2, -0.15) is 0 Å². The van der Waals surface area contributed by atoms with Crippen molar-refractivity contribution in [2.75, 3.05) is 19.3 Å². The molecule has 0 fully saturated rings. The zero-order chi connectivity index (χ0) is 19.9. The fourth-order valence-corrected chi connectivity index (χ4v) is 4.97. The Morgan fingerprint density at radius 2 is 1.82 bits per heavy atom. The molecule has 3 aromatic rings. The molecule has 0 amide bonds. The quantitative estimate of drug-likeness (QED) is 0.487. The van der Waals surface area contributed by atoms with Crippen LogP contribution in [0.2, 0.25) is 0 Å². The summed E-state index contributed by atoms with van der Waals surface area (Å²) in [5.74, 6) is 1.90. The van der Waals surface area contributed by atoms with E-state index in [0.29, 0.717) is 0 Å². The summed E-state index contributed by atoms with van der Waals surface area (Å²) in [5, 5.41) is 0.969. The number of pyridine rings is 1. The van der Waals surface area contributed by atoms with Gasteiger partial charge in [0.2, 0.25) is 0 Å². The molecule has 2 heterocycles. The standard InChI is InChI=1S/C22H28N4S2/c1-16-20(15-28-22-24-17(2)18(3)25-22)23-11-10-21(16)27-13-12-26(4)14-19-8-6-5-7-9-19/h5-11H,12-15H2,1-4H3,(H,24,25). The fraction of sp³-hybridized carbons (Fsp3) is 0.364. The van der Waals surface area contributed by atoms with Crippen molar-refractivity contribution in [1.82, 2.24) is 19.9 Å². The summed E-state index contributed by atoms with van der Waals surface area (Å²) in [6.45, 7) is 8.31. The van der Waals surface area contributed by atoms with Crippen molar-refractivity contribution < 1.29 is 0 Å². The van der Waals surface area contributed by atoms with E-state index in [-0.39, 0.29) is 0 Å². The zero-order valence-electron chi connectivity index (χ0n) is 17.0. The molecule has 6 heteroatoms. The molecule has 0 spiro atoms. The van der Waals surface area contributed by atoms with E-state index in [0.717, 1.165) is 46.8 Å². The van der Waals surface area contributed by atoms with E-state index in [1.54, 1.807) is 11.8 Å². The lowest BCUT2D eigenvalue weighted by atomic mass is 10.2. The number of nitrogens with one attached hydrogen (secondary N) is 1. The van der Waals surface area contributed by atoms with Gasteiger partial charge in [0.15, 0.2) is 5.16 Å². The highest BCUT2D eigenvalue weighted by Gasteiger charge is 2.09. The number of hydrogen-bond acceptors (Lipinski definition) is 5. The molecule has 2 aromatic heterocycles. The summed E-state index contributed by atoms with van der Waals surface area (Å²) in [6, 6.07) is 12.8. The lowest BCUT2D eigenvalue weighted by Gasteiger charge is -2.17. The predicted molar refractivity (Wildman–Crippen MR) is 120 cm³/mol. The summed E-state index contributed by atoms with van der Waals surface area (Å²) in [6.07, 6.45) is 1.93. The number of nitrogens with zero attached hydrogens (tertiary/aromatic N) is 3. The van der Waals surface area contributed by atoms with Crippen LogP contribution in [-0.2, 0) is 12.3 Å². The van der Waals surface area contributed by atoms with Crippen LogP contribution in [0, 0.1) is 20.8 Å². The molecule has 4 nitrogen and oxygen atoms in total. The van der Waals surface area contributed by atoms with Gasteiger partial charge in [0, 0.05) is 41.4 Å². The molecule has 148 valence electrons. The smallest absolute Gasteiger partial charge is 0.166 e. The van der Waals surface area contributed by atoms with Crippen molar-refractivity contribution in [3.63, 3.8) is 0 Å². The van der Waals surface area contributed by atoms with Crippen LogP contribution in [0.3, 0.4) is 0 Å². The van der Waals surface area contributed by atoms with Crippen LogP contribution in [0.5, 0.6) is 0 Å². The molecule has 0 radical (unpaired) electrons. The first-order chi connectivity index (χ1) is 13.5. The van der Waals surface area contributed by atoms with Crippen LogP contribution in [0.15, 0.2) is 52.6 Å². The van der Waals surface area contributed by atoms with Crippen molar-refractivity contribution in [2.24, 2.45) is 0 Å². The molecule has 0 unspecified atom stereocenters. The molecule has 1 N–H and O–H groups in total. The molecule has 0 aliphatic rings. The van der Waals surface area contributed by atoms with E-state index in [2.05, 4.69) is 77.1 Å². The Hall–Kier alpha value is -1.76. The molecule has 0 atom stereocenters. The van der Waals surface area contributed by atoms with Gasteiger partial charge in [-0.3, -0.25) is 4.98 Å². The monoisotopic (exact) mass is 412 g/mol. The van der Waals surface area contributed by atoms with E-state index < -0.39 is 0 Å². The van der Waals surface area contributed by atoms with Crippen molar-refractivity contribution >= 4 is 23.5 Å². The Labute approximate surface area is 176 Å². The second-order valence-corrected chi connectivity index (χ2v) is 9.09. The average molecular weight is 413 g/mol. The maximum Gasteiger partial charge on any atom is 0.166 e. The molecular weight excluding hydrogens is 384 g/mol. The van der Waals surface area contributed by atoms with Gasteiger partial charge in [-0.05, 0) is 45.0 Å². The molecule has 0 bridgehead atoms. The van der Waals surface area contributed by atoms with Crippen LogP contribution >= 0.6 is 23.5 Å². The van der Waals surface area contributed by atoms with Gasteiger partial charge in [-0.1, -0.05) is 42.1 Å². The van der Waals surface area contributed by atoms with Crippen molar-refractivity contribution in [2.45, 2.75) is 43.1 Å². The predicted octanol–water partition coefficient (Wildman–Crippen LogP) is 5.25. The zero-order valence-corrected chi connectivity index (χ0v) is 18.7. The Morgan fingerprint density at radius 1 is 1.04 bits per heavy atom. The third-order valence-electron chi connectivity index (χ3n) is 4.74. The Morgan fingerprint density at radius 3 is 2.54 bits per heavy atom. The molecule has 0 saturated carbocycles. The first-order valence-electron chi connectivity index (χ1n) is 9.48. The van der Waals surface area contributed by atoms with Gasteiger partial charge >= 0.3 is 0 Å². The number of aromatic nitrogens is 3. The van der Waals surface area contributed by atoms with Crippen LogP contribution in [0.25, 0.3) is 0 Å². The lowest BCUT2D eigenvalue weighted by molar-refractivity contribution is 0.348. The third kappa shape index (κ3) is 5.87. The van der Waals surface area contributed by atoms with Crippen LogP contribution in [-0.4, -0.2) is 39.2 Å². The summed E-state index contributed by atoms with van der Waals surface area (Å²) < 4.78 is 0. The second-order valence-electron chi connectivity index (χ2n) is 6.99. The highest BCUT2D eigenvalue weighted by molar-refractivity contribution is 7.99. The van der Waals surface area contributed by atoms with Gasteiger partial charge < -0.3 is 9.88 Å². The number of H-pyrrole nitrogens is 1. The summed E-state index contributed by atoms with van der Waals surface area (Å²) >= 11 is 3.63. The van der Waals surface area contributed by atoms with Crippen LogP contribution in [0.4, 0.5) is 0 Å². The second kappa shape index (κ2) is 10.1. The molecular formula is C22H28N4S2. The fourth-order valence-electron chi connectivity index (χ4n) is 2.87. The summed E-state index contributed by atoms with van der Waals surface area (Å²) in [5.41, 5.74) is 5.98. The number of imidazole rings is 1. The van der Waals surface area contributed by atoms with Gasteiger partial charge in [0.05, 0.1) is 11.4 Å². The van der Waals surface area contributed by atoms with Crippen molar-refractivity contribution in [1.29, 1.82) is 0 Å². The van der Waals surface area contributed by atoms with Gasteiger partial charge in [-0.25, -0.2) is 4.98 Å². The topological polar surface area (TPSA) is 44.8 Å². The first kappa shape index (κ1) is 21.0. The van der Waals surface area contributed by atoms with Crippen LogP contribution < -0.4 is 0 Å².